The molecule has 34 heavy (non-hydrogen) atoms. The van der Waals surface area contributed by atoms with E-state index in [1.54, 1.807) is 18.2 Å². The Kier molecular flexibility index (Phi) is 6.87. The van der Waals surface area contributed by atoms with Crippen molar-refractivity contribution in [2.75, 3.05) is 6.54 Å². The van der Waals surface area contributed by atoms with Gasteiger partial charge in [-0.25, -0.2) is 0 Å². The lowest BCUT2D eigenvalue weighted by Crippen LogP contribution is -2.41. The number of nitrogens with one attached hydrogen (secondary N) is 1. The van der Waals surface area contributed by atoms with Crippen LogP contribution in [0.4, 0.5) is 0 Å². The molecule has 3 aromatic carbocycles. The van der Waals surface area contributed by atoms with E-state index >= 15 is 0 Å². The van der Waals surface area contributed by atoms with E-state index in [1.807, 2.05) is 66.7 Å². The number of para-hydroxylation sites is 2. The maximum atomic E-state index is 12.9. The molecule has 0 aliphatic heterocycles. The fourth-order valence-corrected chi connectivity index (χ4v) is 4.03. The van der Waals surface area contributed by atoms with E-state index in [2.05, 4.69) is 18.8 Å². The van der Waals surface area contributed by atoms with Gasteiger partial charge in [-0.1, -0.05) is 67.6 Å². The van der Waals surface area contributed by atoms with Gasteiger partial charge >= 0.3 is 11.1 Å². The lowest BCUT2D eigenvalue weighted by molar-refractivity contribution is 0.0951. The van der Waals surface area contributed by atoms with Crippen LogP contribution >= 0.6 is 0 Å². The number of nitrogens with zero attached hydrogens (tertiary/aromatic N) is 2. The van der Waals surface area contributed by atoms with Crippen LogP contribution in [0, 0.1) is 0 Å². The molecule has 0 bridgehead atoms. The largest absolute Gasteiger partial charge is 0.351 e. The molecule has 1 N–H and O–H groups in total. The summed E-state index contributed by atoms with van der Waals surface area (Å²) >= 11 is 0. The van der Waals surface area contributed by atoms with Gasteiger partial charge in [0.1, 0.15) is 0 Å². The molecule has 0 spiro atoms. The Bertz CT molecular complexity index is 1430. The molecule has 0 aliphatic rings. The van der Waals surface area contributed by atoms with Crippen molar-refractivity contribution in [1.29, 1.82) is 0 Å². The van der Waals surface area contributed by atoms with Crippen LogP contribution in [0.5, 0.6) is 0 Å². The van der Waals surface area contributed by atoms with Crippen molar-refractivity contribution in [3.63, 3.8) is 0 Å². The summed E-state index contributed by atoms with van der Waals surface area (Å²) in [5, 5.41) is 2.98. The lowest BCUT2D eigenvalue weighted by atomic mass is 10.0. The van der Waals surface area contributed by atoms with E-state index < -0.39 is 11.1 Å². The van der Waals surface area contributed by atoms with Crippen LogP contribution in [0.1, 0.15) is 34.3 Å². The smallest absolute Gasteiger partial charge is 0.317 e. The number of fused-ring (bicyclic) bond motifs is 1. The van der Waals surface area contributed by atoms with Crippen LogP contribution < -0.4 is 16.4 Å². The maximum Gasteiger partial charge on any atom is 0.317 e. The number of rotatable bonds is 8. The van der Waals surface area contributed by atoms with Crippen LogP contribution in [0.2, 0.25) is 0 Å². The molecule has 0 radical (unpaired) electrons. The molecule has 0 fully saturated rings. The Labute approximate surface area is 197 Å². The van der Waals surface area contributed by atoms with Crippen molar-refractivity contribution in [3.05, 3.63) is 129 Å². The van der Waals surface area contributed by atoms with Crippen molar-refractivity contribution in [1.82, 2.24) is 14.5 Å². The molecular formula is C28H27N3O3. The highest BCUT2D eigenvalue weighted by atomic mass is 16.2. The van der Waals surface area contributed by atoms with Gasteiger partial charge in [0.05, 0.1) is 17.6 Å². The average Bonchev–Trinajstić information content (AvgIpc) is 2.88. The minimum Gasteiger partial charge on any atom is -0.351 e. The Balaban J connectivity index is 1.52. The first kappa shape index (κ1) is 23.0. The second kappa shape index (κ2) is 10.2. The third-order valence-corrected chi connectivity index (χ3v) is 5.94. The van der Waals surface area contributed by atoms with Crippen molar-refractivity contribution in [2.45, 2.75) is 25.9 Å². The van der Waals surface area contributed by atoms with Gasteiger partial charge in [0.25, 0.3) is 5.91 Å². The van der Waals surface area contributed by atoms with Gasteiger partial charge in [-0.3, -0.25) is 23.5 Å². The molecule has 6 nitrogen and oxygen atoms in total. The quantitative estimate of drug-likeness (QED) is 0.325. The number of aromatic nitrogens is 2. The lowest BCUT2D eigenvalue weighted by Gasteiger charge is -2.15. The number of hydrogen-bond donors (Lipinski definition) is 1. The standard InChI is InChI=1S/C28H27N3O3/c1-3-17-30-24-11-7-8-12-25(24)31(28(34)27(30)33)19-21-13-15-23(16-14-21)26(32)29-18-20(2)22-9-5-4-6-10-22/h3-16,20H,1,17-19H2,2H3,(H,29,32)/t20-/m0/s1. The summed E-state index contributed by atoms with van der Waals surface area (Å²) in [6.07, 6.45) is 1.60. The fraction of sp³-hybridized carbons (Fsp3) is 0.179. The van der Waals surface area contributed by atoms with E-state index in [-0.39, 0.29) is 24.9 Å². The number of hydrogen-bond acceptors (Lipinski definition) is 3. The third-order valence-electron chi connectivity index (χ3n) is 5.94. The SMILES string of the molecule is C=CCn1c(=O)c(=O)n(Cc2ccc(C(=O)NC[C@H](C)c3ccccc3)cc2)c2ccccc21. The number of amides is 1. The topological polar surface area (TPSA) is 73.1 Å². The monoisotopic (exact) mass is 453 g/mol. The minimum absolute atomic E-state index is 0.149. The van der Waals surface area contributed by atoms with E-state index in [1.165, 1.54) is 14.7 Å². The highest BCUT2D eigenvalue weighted by molar-refractivity contribution is 5.94. The molecule has 1 amide bonds. The van der Waals surface area contributed by atoms with Crippen LogP contribution in [0.3, 0.4) is 0 Å². The minimum atomic E-state index is -0.586. The molecule has 1 atom stereocenters. The zero-order chi connectivity index (χ0) is 24.1. The van der Waals surface area contributed by atoms with Gasteiger partial charge in [-0.2, -0.15) is 0 Å². The molecule has 4 aromatic rings. The number of carbonyl (C=O) groups is 1. The number of carbonyl (C=O) groups excluding carboxylic acids is 1. The van der Waals surface area contributed by atoms with Crippen LogP contribution in [0.25, 0.3) is 11.0 Å². The van der Waals surface area contributed by atoms with E-state index in [4.69, 9.17) is 0 Å². The molecule has 1 heterocycles. The predicted molar refractivity (Wildman–Crippen MR) is 135 cm³/mol. The van der Waals surface area contributed by atoms with Crippen molar-refractivity contribution in [2.24, 2.45) is 0 Å². The fourth-order valence-electron chi connectivity index (χ4n) is 4.03. The Morgan fingerprint density at radius 3 is 2.12 bits per heavy atom. The molecule has 0 unspecified atom stereocenters. The molecule has 172 valence electrons. The van der Waals surface area contributed by atoms with Gasteiger partial charge in [0.2, 0.25) is 0 Å². The highest BCUT2D eigenvalue weighted by Crippen LogP contribution is 2.15. The maximum absolute atomic E-state index is 12.9. The molecular weight excluding hydrogens is 426 g/mol. The molecule has 0 saturated carbocycles. The molecule has 6 heteroatoms. The third kappa shape index (κ3) is 4.76. The van der Waals surface area contributed by atoms with E-state index in [9.17, 15) is 14.4 Å². The number of benzene rings is 3. The first-order valence-electron chi connectivity index (χ1n) is 11.2. The van der Waals surface area contributed by atoms with Gasteiger partial charge in [-0.05, 0) is 41.3 Å². The summed E-state index contributed by atoms with van der Waals surface area (Å²) in [6, 6.07) is 24.5. The Hall–Kier alpha value is -4.19. The van der Waals surface area contributed by atoms with Crippen molar-refractivity contribution >= 4 is 16.9 Å². The second-order valence-electron chi connectivity index (χ2n) is 8.30. The van der Waals surface area contributed by atoms with Crippen molar-refractivity contribution < 1.29 is 4.79 Å². The molecule has 1 aromatic heterocycles. The first-order chi connectivity index (χ1) is 16.5. The van der Waals surface area contributed by atoms with Crippen LogP contribution in [-0.2, 0) is 13.1 Å². The highest BCUT2D eigenvalue weighted by Gasteiger charge is 2.13. The molecule has 4 rings (SSSR count). The zero-order valence-corrected chi connectivity index (χ0v) is 19.1. The summed E-state index contributed by atoms with van der Waals surface area (Å²) in [6.45, 7) is 6.79. The van der Waals surface area contributed by atoms with Crippen LogP contribution in [-0.4, -0.2) is 21.6 Å². The Morgan fingerprint density at radius 2 is 1.47 bits per heavy atom. The predicted octanol–water partition coefficient (Wildman–Crippen LogP) is 3.93. The number of allylic oxidation sites excluding steroid dienone is 1. The summed E-state index contributed by atoms with van der Waals surface area (Å²) in [5.41, 5.74) is 2.72. The normalized spacial score (nSPS) is 11.8. The average molecular weight is 454 g/mol. The Morgan fingerprint density at radius 1 is 0.882 bits per heavy atom. The first-order valence-corrected chi connectivity index (χ1v) is 11.2. The van der Waals surface area contributed by atoms with E-state index in [0.29, 0.717) is 23.1 Å². The molecule has 0 aliphatic carbocycles. The van der Waals surface area contributed by atoms with Crippen LogP contribution in [0.15, 0.2) is 101 Å². The second-order valence-corrected chi connectivity index (χ2v) is 8.30. The van der Waals surface area contributed by atoms with Crippen molar-refractivity contribution in [3.8, 4) is 0 Å². The summed E-state index contributed by atoms with van der Waals surface area (Å²) in [4.78, 5) is 38.1. The summed E-state index contributed by atoms with van der Waals surface area (Å²) in [5.74, 6) is 0.0526. The summed E-state index contributed by atoms with van der Waals surface area (Å²) < 4.78 is 2.92. The summed E-state index contributed by atoms with van der Waals surface area (Å²) in [7, 11) is 0. The van der Waals surface area contributed by atoms with E-state index in [0.717, 1.165) is 5.56 Å². The van der Waals surface area contributed by atoms with Gasteiger partial charge in [0.15, 0.2) is 0 Å². The molecule has 0 saturated heterocycles. The zero-order valence-electron chi connectivity index (χ0n) is 19.1. The van der Waals surface area contributed by atoms with Gasteiger partial charge < -0.3 is 5.32 Å². The van der Waals surface area contributed by atoms with Gasteiger partial charge in [-0.15, -0.1) is 6.58 Å². The van der Waals surface area contributed by atoms with Gasteiger partial charge in [0, 0.05) is 18.7 Å².